The first-order valence-electron chi connectivity index (χ1n) is 5.25. The molecule has 2 heterocycles. The van der Waals surface area contributed by atoms with Gasteiger partial charge >= 0.3 is 0 Å². The van der Waals surface area contributed by atoms with Gasteiger partial charge in [0.15, 0.2) is 0 Å². The second kappa shape index (κ2) is 4.29. The lowest BCUT2D eigenvalue weighted by Gasteiger charge is -2.00. The van der Waals surface area contributed by atoms with Crippen LogP contribution in [-0.2, 0) is 11.2 Å². The summed E-state index contributed by atoms with van der Waals surface area (Å²) in [4.78, 5) is 15.4. The van der Waals surface area contributed by atoms with Crippen LogP contribution in [0.5, 0.6) is 0 Å². The number of hydrogen-bond acceptors (Lipinski definition) is 4. The molecule has 0 atom stereocenters. The summed E-state index contributed by atoms with van der Waals surface area (Å²) in [7, 11) is 0. The van der Waals surface area contributed by atoms with Gasteiger partial charge in [-0.1, -0.05) is 0 Å². The smallest absolute Gasteiger partial charge is 0.221 e. The van der Waals surface area contributed by atoms with Crippen LogP contribution in [0.25, 0.3) is 5.13 Å². The molecule has 0 unspecified atom stereocenters. The Hall–Kier alpha value is -1.69. The van der Waals surface area contributed by atoms with Crippen LogP contribution in [0, 0.1) is 20.8 Å². The third kappa shape index (κ3) is 2.21. The number of hydrogen-bond donors (Lipinski definition) is 1. The molecule has 0 saturated carbocycles. The van der Waals surface area contributed by atoms with Crippen LogP contribution in [-0.4, -0.2) is 20.7 Å². The first-order chi connectivity index (χ1) is 7.99. The van der Waals surface area contributed by atoms with Crippen LogP contribution in [0.15, 0.2) is 5.38 Å². The van der Waals surface area contributed by atoms with Gasteiger partial charge in [0, 0.05) is 16.6 Å². The van der Waals surface area contributed by atoms with E-state index < -0.39 is 0 Å². The molecule has 0 bridgehead atoms. The first-order valence-corrected chi connectivity index (χ1v) is 6.13. The van der Waals surface area contributed by atoms with Crippen LogP contribution in [0.3, 0.4) is 0 Å². The van der Waals surface area contributed by atoms with Crippen molar-refractivity contribution in [3.05, 3.63) is 28.0 Å². The highest BCUT2D eigenvalue weighted by Gasteiger charge is 2.15. The van der Waals surface area contributed by atoms with Crippen LogP contribution in [0.4, 0.5) is 0 Å². The maximum atomic E-state index is 11.0. The van der Waals surface area contributed by atoms with Gasteiger partial charge in [0.1, 0.15) is 0 Å². The molecule has 2 rings (SSSR count). The third-order valence-electron chi connectivity index (χ3n) is 2.58. The minimum atomic E-state index is -0.342. The molecule has 2 N–H and O–H groups in total. The molecule has 0 aliphatic heterocycles. The molecule has 0 saturated heterocycles. The minimum absolute atomic E-state index is 0.224. The molecule has 1 amide bonds. The predicted molar refractivity (Wildman–Crippen MR) is 66.3 cm³/mol. The summed E-state index contributed by atoms with van der Waals surface area (Å²) in [6.45, 7) is 5.74. The van der Waals surface area contributed by atoms with Gasteiger partial charge < -0.3 is 5.73 Å². The number of nitrogens with zero attached hydrogens (tertiary/aromatic N) is 3. The van der Waals surface area contributed by atoms with Gasteiger partial charge in [-0.15, -0.1) is 11.3 Å². The van der Waals surface area contributed by atoms with E-state index in [1.807, 2.05) is 26.2 Å². The molecule has 2 aromatic heterocycles. The number of carbonyl (C=O) groups excluding carboxylic acids is 1. The number of aromatic nitrogens is 3. The van der Waals surface area contributed by atoms with Gasteiger partial charge in [-0.2, -0.15) is 5.10 Å². The molecule has 2 aromatic rings. The number of amides is 1. The first kappa shape index (κ1) is 11.8. The number of rotatable bonds is 3. The fourth-order valence-corrected chi connectivity index (χ4v) is 2.53. The fraction of sp³-hybridized carbons (Fsp3) is 0.364. The highest BCUT2D eigenvalue weighted by molar-refractivity contribution is 7.12. The number of carbonyl (C=O) groups is 1. The second-order valence-electron chi connectivity index (χ2n) is 3.98. The molecule has 0 spiro atoms. The molecule has 90 valence electrons. The Kier molecular flexibility index (Phi) is 2.97. The van der Waals surface area contributed by atoms with E-state index in [1.165, 1.54) is 11.3 Å². The summed E-state index contributed by atoms with van der Waals surface area (Å²) in [6, 6.07) is 0. The summed E-state index contributed by atoms with van der Waals surface area (Å²) < 4.78 is 1.77. The fourth-order valence-electron chi connectivity index (χ4n) is 1.73. The molecule has 0 aliphatic rings. The molecular formula is C11H14N4OS. The summed E-state index contributed by atoms with van der Waals surface area (Å²) in [6.07, 6.45) is 0.224. The van der Waals surface area contributed by atoms with Gasteiger partial charge in [-0.3, -0.25) is 4.79 Å². The number of primary amides is 1. The van der Waals surface area contributed by atoms with Crippen LogP contribution < -0.4 is 5.73 Å². The Morgan fingerprint density at radius 2 is 2.18 bits per heavy atom. The van der Waals surface area contributed by atoms with Crippen LogP contribution in [0.2, 0.25) is 0 Å². The Morgan fingerprint density at radius 3 is 2.71 bits per heavy atom. The maximum absolute atomic E-state index is 11.0. The molecule has 0 aliphatic carbocycles. The molecule has 0 fully saturated rings. The predicted octanol–water partition coefficient (Wildman–Crippen LogP) is 1.28. The zero-order valence-electron chi connectivity index (χ0n) is 10.0. The van der Waals surface area contributed by atoms with Crippen molar-refractivity contribution in [3.63, 3.8) is 0 Å². The lowest BCUT2D eigenvalue weighted by molar-refractivity contribution is -0.117. The van der Waals surface area contributed by atoms with Crippen LogP contribution >= 0.6 is 11.3 Å². The van der Waals surface area contributed by atoms with Crippen molar-refractivity contribution in [2.45, 2.75) is 27.2 Å². The topological polar surface area (TPSA) is 73.8 Å². The zero-order chi connectivity index (χ0) is 12.6. The van der Waals surface area contributed by atoms with Crippen molar-refractivity contribution in [3.8, 4) is 5.13 Å². The normalized spacial score (nSPS) is 10.8. The monoisotopic (exact) mass is 250 g/mol. The van der Waals surface area contributed by atoms with Gasteiger partial charge in [-0.05, 0) is 20.8 Å². The van der Waals surface area contributed by atoms with E-state index in [1.54, 1.807) is 4.68 Å². The molecule has 5 nitrogen and oxygen atoms in total. The summed E-state index contributed by atoms with van der Waals surface area (Å²) >= 11 is 1.53. The SMILES string of the molecule is Cc1csc(-n2nc(C)c(CC(N)=O)c2C)n1. The van der Waals surface area contributed by atoms with E-state index in [2.05, 4.69) is 10.1 Å². The molecule has 0 radical (unpaired) electrons. The summed E-state index contributed by atoms with van der Waals surface area (Å²) in [5.41, 5.74) is 8.84. The third-order valence-corrected chi connectivity index (χ3v) is 3.51. The quantitative estimate of drug-likeness (QED) is 0.891. The zero-order valence-corrected chi connectivity index (χ0v) is 10.8. The minimum Gasteiger partial charge on any atom is -0.369 e. The average molecular weight is 250 g/mol. The standard InChI is InChI=1S/C11H14N4OS/c1-6-5-17-11(13-6)15-8(3)9(4-10(12)16)7(2)14-15/h5H,4H2,1-3H3,(H2,12,16). The number of thiazole rings is 1. The highest BCUT2D eigenvalue weighted by Crippen LogP contribution is 2.20. The van der Waals surface area contributed by atoms with Crippen molar-refractivity contribution in [1.82, 2.24) is 14.8 Å². The number of aryl methyl sites for hydroxylation is 2. The Labute approximate surface area is 103 Å². The van der Waals surface area contributed by atoms with Crippen molar-refractivity contribution >= 4 is 17.2 Å². The Bertz CT molecular complexity index is 570. The van der Waals surface area contributed by atoms with Crippen molar-refractivity contribution in [2.75, 3.05) is 0 Å². The van der Waals surface area contributed by atoms with E-state index in [4.69, 9.17) is 5.73 Å². The van der Waals surface area contributed by atoms with Gasteiger partial charge in [0.2, 0.25) is 11.0 Å². The van der Waals surface area contributed by atoms with Crippen molar-refractivity contribution in [1.29, 1.82) is 0 Å². The second-order valence-corrected chi connectivity index (χ2v) is 4.81. The Balaban J connectivity index is 2.47. The van der Waals surface area contributed by atoms with E-state index in [0.717, 1.165) is 27.8 Å². The van der Waals surface area contributed by atoms with E-state index >= 15 is 0 Å². The molecular weight excluding hydrogens is 236 g/mol. The van der Waals surface area contributed by atoms with Gasteiger partial charge in [0.25, 0.3) is 0 Å². The number of nitrogens with two attached hydrogens (primary N) is 1. The lowest BCUT2D eigenvalue weighted by atomic mass is 10.1. The maximum Gasteiger partial charge on any atom is 0.221 e. The van der Waals surface area contributed by atoms with E-state index in [0.29, 0.717) is 0 Å². The summed E-state index contributed by atoms with van der Waals surface area (Å²) in [5.74, 6) is -0.342. The van der Waals surface area contributed by atoms with Crippen LogP contribution in [0.1, 0.15) is 22.6 Å². The largest absolute Gasteiger partial charge is 0.369 e. The van der Waals surface area contributed by atoms with Gasteiger partial charge in [0.05, 0.1) is 17.8 Å². The molecule has 17 heavy (non-hydrogen) atoms. The van der Waals surface area contributed by atoms with E-state index in [9.17, 15) is 4.79 Å². The van der Waals surface area contributed by atoms with E-state index in [-0.39, 0.29) is 12.3 Å². The van der Waals surface area contributed by atoms with Gasteiger partial charge in [-0.25, -0.2) is 9.67 Å². The highest BCUT2D eigenvalue weighted by atomic mass is 32.1. The van der Waals surface area contributed by atoms with Crippen molar-refractivity contribution in [2.24, 2.45) is 5.73 Å². The molecule has 0 aromatic carbocycles. The molecule has 6 heteroatoms. The van der Waals surface area contributed by atoms with Crippen molar-refractivity contribution < 1.29 is 4.79 Å². The average Bonchev–Trinajstić information content (AvgIpc) is 2.76. The lowest BCUT2D eigenvalue weighted by Crippen LogP contribution is -2.14. The summed E-state index contributed by atoms with van der Waals surface area (Å²) in [5, 5.41) is 7.19. The Morgan fingerprint density at radius 1 is 1.47 bits per heavy atom.